The van der Waals surface area contributed by atoms with Crippen molar-refractivity contribution in [2.24, 2.45) is 0 Å². The average molecular weight is 270 g/mol. The van der Waals surface area contributed by atoms with Crippen LogP contribution in [0.1, 0.15) is 34.5 Å². The number of nitrogens with two attached hydrogens (primary N) is 1. The number of carbonyl (C=O) groups is 1. The molecule has 0 radical (unpaired) electrons. The summed E-state index contributed by atoms with van der Waals surface area (Å²) < 4.78 is 0. The molecule has 1 aromatic heterocycles. The van der Waals surface area contributed by atoms with Crippen molar-refractivity contribution >= 4 is 11.6 Å². The highest BCUT2D eigenvalue weighted by Crippen LogP contribution is 2.30. The summed E-state index contributed by atoms with van der Waals surface area (Å²) in [4.78, 5) is 14.6. The first-order valence-electron chi connectivity index (χ1n) is 6.80. The SMILES string of the molecule is Cc1[nH]ncc1C(=O)N(Cc1ccc(N)cc1)C1CC1. The number of amides is 1. The third kappa shape index (κ3) is 2.52. The van der Waals surface area contributed by atoms with Crippen molar-refractivity contribution in [2.75, 3.05) is 5.73 Å². The number of carbonyl (C=O) groups excluding carboxylic acids is 1. The zero-order valence-corrected chi connectivity index (χ0v) is 11.5. The van der Waals surface area contributed by atoms with Gasteiger partial charge < -0.3 is 10.6 Å². The van der Waals surface area contributed by atoms with Crippen molar-refractivity contribution in [1.29, 1.82) is 0 Å². The van der Waals surface area contributed by atoms with E-state index in [0.29, 0.717) is 18.2 Å². The normalized spacial score (nSPS) is 14.2. The molecule has 5 nitrogen and oxygen atoms in total. The number of rotatable bonds is 4. The van der Waals surface area contributed by atoms with E-state index >= 15 is 0 Å². The Kier molecular flexibility index (Phi) is 3.18. The molecule has 3 N–H and O–H groups in total. The number of H-pyrrole nitrogens is 1. The first-order valence-corrected chi connectivity index (χ1v) is 6.80. The van der Waals surface area contributed by atoms with Gasteiger partial charge >= 0.3 is 0 Å². The Labute approximate surface area is 117 Å². The summed E-state index contributed by atoms with van der Waals surface area (Å²) in [6.45, 7) is 2.49. The molecule has 1 amide bonds. The molecule has 1 aliphatic carbocycles. The number of hydrogen-bond acceptors (Lipinski definition) is 3. The van der Waals surface area contributed by atoms with E-state index < -0.39 is 0 Å². The monoisotopic (exact) mass is 270 g/mol. The maximum absolute atomic E-state index is 12.6. The summed E-state index contributed by atoms with van der Waals surface area (Å²) in [5.74, 6) is 0.0515. The number of aromatic nitrogens is 2. The minimum Gasteiger partial charge on any atom is -0.399 e. The van der Waals surface area contributed by atoms with Crippen LogP contribution < -0.4 is 5.73 Å². The Balaban J connectivity index is 1.81. The maximum atomic E-state index is 12.6. The van der Waals surface area contributed by atoms with Gasteiger partial charge in [0.2, 0.25) is 0 Å². The van der Waals surface area contributed by atoms with Crippen molar-refractivity contribution in [1.82, 2.24) is 15.1 Å². The summed E-state index contributed by atoms with van der Waals surface area (Å²) in [6, 6.07) is 8.04. The predicted molar refractivity (Wildman–Crippen MR) is 77.1 cm³/mol. The van der Waals surface area contributed by atoms with Crippen LogP contribution in [-0.2, 0) is 6.54 Å². The first kappa shape index (κ1) is 12.7. The molecule has 0 spiro atoms. The summed E-state index contributed by atoms with van der Waals surface area (Å²) in [5.41, 5.74) is 9.01. The van der Waals surface area contributed by atoms with Gasteiger partial charge in [0.1, 0.15) is 0 Å². The molecule has 20 heavy (non-hydrogen) atoms. The molecule has 0 aliphatic heterocycles. The number of nitrogens with zero attached hydrogens (tertiary/aromatic N) is 2. The van der Waals surface area contributed by atoms with Gasteiger partial charge in [-0.15, -0.1) is 0 Å². The van der Waals surface area contributed by atoms with Crippen LogP contribution in [0.25, 0.3) is 0 Å². The summed E-state index contributed by atoms with van der Waals surface area (Å²) in [5, 5.41) is 6.76. The van der Waals surface area contributed by atoms with Crippen LogP contribution in [0.2, 0.25) is 0 Å². The lowest BCUT2D eigenvalue weighted by Gasteiger charge is -2.22. The maximum Gasteiger partial charge on any atom is 0.257 e. The number of benzene rings is 1. The van der Waals surface area contributed by atoms with Gasteiger partial charge in [-0.3, -0.25) is 9.89 Å². The third-order valence-corrected chi connectivity index (χ3v) is 3.64. The molecule has 1 fully saturated rings. The molecule has 0 unspecified atom stereocenters. The van der Waals surface area contributed by atoms with Crippen molar-refractivity contribution in [3.8, 4) is 0 Å². The van der Waals surface area contributed by atoms with Crippen LogP contribution in [0.3, 0.4) is 0 Å². The van der Waals surface area contributed by atoms with E-state index in [1.807, 2.05) is 36.1 Å². The topological polar surface area (TPSA) is 75.0 Å². The largest absolute Gasteiger partial charge is 0.399 e. The van der Waals surface area contributed by atoms with Crippen LogP contribution in [0.15, 0.2) is 30.5 Å². The molecule has 1 saturated carbocycles. The second kappa shape index (κ2) is 5.00. The van der Waals surface area contributed by atoms with Gasteiger partial charge in [0.05, 0.1) is 11.8 Å². The molecule has 3 rings (SSSR count). The lowest BCUT2D eigenvalue weighted by atomic mass is 10.1. The smallest absolute Gasteiger partial charge is 0.257 e. The van der Waals surface area contributed by atoms with Gasteiger partial charge in [-0.25, -0.2) is 0 Å². The Morgan fingerprint density at radius 1 is 1.40 bits per heavy atom. The van der Waals surface area contributed by atoms with E-state index in [9.17, 15) is 4.79 Å². The van der Waals surface area contributed by atoms with Gasteiger partial charge in [-0.1, -0.05) is 12.1 Å². The highest BCUT2D eigenvalue weighted by Gasteiger charge is 2.33. The second-order valence-electron chi connectivity index (χ2n) is 5.31. The van der Waals surface area contributed by atoms with Gasteiger partial charge in [0, 0.05) is 24.0 Å². The predicted octanol–water partition coefficient (Wildman–Crippen LogP) is 2.11. The highest BCUT2D eigenvalue weighted by molar-refractivity contribution is 5.95. The van der Waals surface area contributed by atoms with Gasteiger partial charge in [-0.05, 0) is 37.5 Å². The Bertz CT molecular complexity index is 613. The highest BCUT2D eigenvalue weighted by atomic mass is 16.2. The quantitative estimate of drug-likeness (QED) is 0.835. The number of aromatic amines is 1. The van der Waals surface area contributed by atoms with Crippen molar-refractivity contribution in [3.63, 3.8) is 0 Å². The minimum atomic E-state index is 0.0515. The van der Waals surface area contributed by atoms with Crippen molar-refractivity contribution in [3.05, 3.63) is 47.3 Å². The zero-order valence-electron chi connectivity index (χ0n) is 11.5. The summed E-state index contributed by atoms with van der Waals surface area (Å²) in [7, 11) is 0. The molecule has 1 aromatic carbocycles. The second-order valence-corrected chi connectivity index (χ2v) is 5.31. The molecule has 1 heterocycles. The summed E-state index contributed by atoms with van der Waals surface area (Å²) >= 11 is 0. The zero-order chi connectivity index (χ0) is 14.1. The Hall–Kier alpha value is -2.30. The molecule has 2 aromatic rings. The molecule has 0 bridgehead atoms. The van der Waals surface area contributed by atoms with Crippen LogP contribution in [-0.4, -0.2) is 27.0 Å². The number of nitrogens with one attached hydrogen (secondary N) is 1. The molecule has 104 valence electrons. The van der Waals surface area contributed by atoms with Crippen LogP contribution >= 0.6 is 0 Å². The summed E-state index contributed by atoms with van der Waals surface area (Å²) in [6.07, 6.45) is 3.77. The number of anilines is 1. The fourth-order valence-electron chi connectivity index (χ4n) is 2.29. The van der Waals surface area contributed by atoms with Crippen molar-refractivity contribution < 1.29 is 4.79 Å². The van der Waals surface area contributed by atoms with E-state index in [2.05, 4.69) is 10.2 Å². The van der Waals surface area contributed by atoms with Gasteiger partial charge in [0.25, 0.3) is 5.91 Å². The van der Waals surface area contributed by atoms with E-state index in [1.54, 1.807) is 6.20 Å². The molecule has 0 atom stereocenters. The van der Waals surface area contributed by atoms with E-state index in [4.69, 9.17) is 5.73 Å². The van der Waals surface area contributed by atoms with E-state index in [0.717, 1.165) is 29.8 Å². The van der Waals surface area contributed by atoms with E-state index in [-0.39, 0.29) is 5.91 Å². The van der Waals surface area contributed by atoms with Crippen molar-refractivity contribution in [2.45, 2.75) is 32.4 Å². The van der Waals surface area contributed by atoms with Crippen LogP contribution in [0.4, 0.5) is 5.69 Å². The third-order valence-electron chi connectivity index (χ3n) is 3.64. The molecule has 0 saturated heterocycles. The molecular weight excluding hydrogens is 252 g/mol. The molecule has 1 aliphatic rings. The fourth-order valence-corrected chi connectivity index (χ4v) is 2.29. The number of hydrogen-bond donors (Lipinski definition) is 2. The molecular formula is C15H18N4O. The van der Waals surface area contributed by atoms with E-state index in [1.165, 1.54) is 0 Å². The van der Waals surface area contributed by atoms with Crippen LogP contribution in [0.5, 0.6) is 0 Å². The lowest BCUT2D eigenvalue weighted by Crippen LogP contribution is -2.32. The van der Waals surface area contributed by atoms with Gasteiger partial charge in [-0.2, -0.15) is 5.10 Å². The number of nitrogen functional groups attached to an aromatic ring is 1. The number of aryl methyl sites for hydroxylation is 1. The average Bonchev–Trinajstić information content (AvgIpc) is 3.19. The Morgan fingerprint density at radius 2 is 2.10 bits per heavy atom. The first-order chi connectivity index (χ1) is 9.65. The van der Waals surface area contributed by atoms with Gasteiger partial charge in [0.15, 0.2) is 0 Å². The van der Waals surface area contributed by atoms with Crippen LogP contribution in [0, 0.1) is 6.92 Å². The Morgan fingerprint density at radius 3 is 2.65 bits per heavy atom. The fraction of sp³-hybridized carbons (Fsp3) is 0.333. The minimum absolute atomic E-state index is 0.0515. The standard InChI is InChI=1S/C15H18N4O/c1-10-14(8-17-18-10)15(20)19(13-6-7-13)9-11-2-4-12(16)5-3-11/h2-5,8,13H,6-7,9,16H2,1H3,(H,17,18). The lowest BCUT2D eigenvalue weighted by molar-refractivity contribution is 0.0729. The molecule has 5 heteroatoms.